The van der Waals surface area contributed by atoms with Crippen LogP contribution in [0.15, 0.2) is 47.3 Å². The third-order valence-electron chi connectivity index (χ3n) is 7.84. The first kappa shape index (κ1) is 37.5. The topological polar surface area (TPSA) is 136 Å². The van der Waals surface area contributed by atoms with E-state index in [1.807, 2.05) is 0 Å². The third kappa shape index (κ3) is 9.87. The van der Waals surface area contributed by atoms with Crippen LogP contribution in [-0.2, 0) is 36.5 Å². The van der Waals surface area contributed by atoms with Crippen molar-refractivity contribution in [3.8, 4) is 5.75 Å². The Hall–Kier alpha value is -4.33. The van der Waals surface area contributed by atoms with E-state index in [4.69, 9.17) is 18.9 Å². The van der Waals surface area contributed by atoms with E-state index in [0.717, 1.165) is 29.7 Å². The van der Waals surface area contributed by atoms with Crippen LogP contribution < -0.4 is 10.3 Å². The number of Topliss-reactive ketones (excluding diaryl/α,β-unsaturated/α-hetero) is 1. The van der Waals surface area contributed by atoms with Crippen LogP contribution in [0.2, 0.25) is 0 Å². The quantitative estimate of drug-likeness (QED) is 0.135. The summed E-state index contributed by atoms with van der Waals surface area (Å²) in [7, 11) is 0. The van der Waals surface area contributed by atoms with Gasteiger partial charge in [0.05, 0.1) is 17.6 Å². The number of hydrogen-bond donors (Lipinski definition) is 0. The molecule has 0 aliphatic carbocycles. The predicted molar refractivity (Wildman–Crippen MR) is 172 cm³/mol. The van der Waals surface area contributed by atoms with E-state index in [-0.39, 0.29) is 16.5 Å². The van der Waals surface area contributed by atoms with Crippen LogP contribution >= 0.6 is 0 Å². The van der Waals surface area contributed by atoms with E-state index in [1.54, 1.807) is 53.7 Å². The minimum absolute atomic E-state index is 0.0739. The molecule has 49 heavy (non-hydrogen) atoms. The molecule has 11 nitrogen and oxygen atoms in total. The highest BCUT2D eigenvalue weighted by molar-refractivity contribution is 6.07. The van der Waals surface area contributed by atoms with Crippen molar-refractivity contribution < 1.29 is 46.5 Å². The fourth-order valence-electron chi connectivity index (χ4n) is 5.21. The fourth-order valence-corrected chi connectivity index (χ4v) is 5.21. The van der Waals surface area contributed by atoms with Gasteiger partial charge in [0.25, 0.3) is 5.56 Å². The van der Waals surface area contributed by atoms with E-state index in [1.165, 1.54) is 12.1 Å². The highest BCUT2D eigenvalue weighted by atomic mass is 19.4. The lowest BCUT2D eigenvalue weighted by atomic mass is 9.78. The number of nitrogens with zero attached hydrogens (tertiary/aromatic N) is 3. The van der Waals surface area contributed by atoms with Gasteiger partial charge in [-0.1, -0.05) is 5.21 Å². The van der Waals surface area contributed by atoms with Crippen molar-refractivity contribution in [2.75, 3.05) is 19.8 Å². The van der Waals surface area contributed by atoms with Crippen LogP contribution in [0.25, 0.3) is 10.9 Å². The fraction of sp³-hybridized carbons (Fsp3) is 0.543. The number of fused-ring (bicyclic) bond motifs is 1. The van der Waals surface area contributed by atoms with Gasteiger partial charge < -0.3 is 18.9 Å². The van der Waals surface area contributed by atoms with Crippen molar-refractivity contribution in [1.29, 1.82) is 0 Å². The zero-order valence-electron chi connectivity index (χ0n) is 28.5. The Balaban J connectivity index is 1.68. The SMILES string of the molecule is CC(C)(C)OC(=O)C(CCn1nnc2ccc(C(F)(F)F)cc2c1=O)(CC(=O)c1ccc(OCC2CCOCC2)cc1)C(=O)OC(C)(C)C. The van der Waals surface area contributed by atoms with E-state index >= 15 is 0 Å². The molecule has 0 saturated carbocycles. The monoisotopic (exact) mass is 689 g/mol. The van der Waals surface area contributed by atoms with Gasteiger partial charge >= 0.3 is 18.1 Å². The number of carbonyl (C=O) groups is 3. The van der Waals surface area contributed by atoms with Gasteiger partial charge in [-0.25, -0.2) is 4.68 Å². The number of ether oxygens (including phenoxy) is 4. The van der Waals surface area contributed by atoms with Crippen molar-refractivity contribution in [2.24, 2.45) is 11.3 Å². The Labute approximate surface area is 282 Å². The maximum atomic E-state index is 14.0. The highest BCUT2D eigenvalue weighted by Gasteiger charge is 2.52. The molecular formula is C35H42F3N3O8. The van der Waals surface area contributed by atoms with E-state index in [9.17, 15) is 32.3 Å². The van der Waals surface area contributed by atoms with Crippen molar-refractivity contribution in [1.82, 2.24) is 15.0 Å². The summed E-state index contributed by atoms with van der Waals surface area (Å²) < 4.78 is 63.6. The summed E-state index contributed by atoms with van der Waals surface area (Å²) in [5.41, 5.74) is -6.35. The zero-order valence-corrected chi connectivity index (χ0v) is 28.5. The minimum atomic E-state index is -4.72. The number of alkyl halides is 3. The molecule has 1 aliphatic heterocycles. The average molecular weight is 690 g/mol. The summed E-state index contributed by atoms with van der Waals surface area (Å²) in [6.07, 6.45) is -4.16. The molecule has 0 spiro atoms. The molecule has 266 valence electrons. The van der Waals surface area contributed by atoms with Gasteiger partial charge in [0, 0.05) is 31.7 Å². The molecule has 1 aromatic heterocycles. The predicted octanol–water partition coefficient (Wildman–Crippen LogP) is 5.95. The standard InChI is InChI=1S/C35H42F3N3O8/c1-32(2,3)48-30(44)34(31(45)49-33(4,5)6,15-16-41-29(43)26-19-24(35(36,37)38)9-12-27(26)39-40-41)20-28(42)23-7-10-25(11-8-23)47-21-22-13-17-46-18-14-22/h7-12,19,22H,13-18,20-21H2,1-6H3. The normalized spacial score (nSPS) is 14.8. The van der Waals surface area contributed by atoms with Crippen molar-refractivity contribution in [2.45, 2.75) is 91.1 Å². The van der Waals surface area contributed by atoms with Gasteiger partial charge in [-0.2, -0.15) is 13.2 Å². The van der Waals surface area contributed by atoms with Gasteiger partial charge in [0.1, 0.15) is 22.5 Å². The number of hydrogen-bond acceptors (Lipinski definition) is 10. The van der Waals surface area contributed by atoms with Crippen LogP contribution in [0.1, 0.15) is 83.1 Å². The van der Waals surface area contributed by atoms with Gasteiger partial charge in [0.2, 0.25) is 0 Å². The first-order chi connectivity index (χ1) is 22.8. The molecule has 3 aromatic rings. The molecule has 2 aromatic carbocycles. The molecule has 0 N–H and O–H groups in total. The highest BCUT2D eigenvalue weighted by Crippen LogP contribution is 2.36. The van der Waals surface area contributed by atoms with E-state index < -0.39 is 71.0 Å². The van der Waals surface area contributed by atoms with Gasteiger partial charge in [-0.05, 0) is 109 Å². The number of ketones is 1. The van der Waals surface area contributed by atoms with Crippen LogP contribution in [0.3, 0.4) is 0 Å². The Kier molecular flexibility index (Phi) is 11.2. The Morgan fingerprint density at radius 3 is 2.04 bits per heavy atom. The van der Waals surface area contributed by atoms with Crippen molar-refractivity contribution >= 4 is 28.6 Å². The second-order valence-electron chi connectivity index (χ2n) is 14.2. The third-order valence-corrected chi connectivity index (χ3v) is 7.84. The minimum Gasteiger partial charge on any atom is -0.493 e. The second kappa shape index (κ2) is 14.7. The maximum absolute atomic E-state index is 14.0. The molecule has 2 heterocycles. The Morgan fingerprint density at radius 1 is 0.898 bits per heavy atom. The average Bonchev–Trinajstić information content (AvgIpc) is 3.01. The molecule has 14 heteroatoms. The van der Waals surface area contributed by atoms with Crippen LogP contribution in [0, 0.1) is 11.3 Å². The Bertz CT molecular complexity index is 1690. The van der Waals surface area contributed by atoms with Gasteiger partial charge in [-0.15, -0.1) is 5.10 Å². The molecule has 1 fully saturated rings. The number of aromatic nitrogens is 3. The number of halogens is 3. The molecule has 0 amide bonds. The summed E-state index contributed by atoms with van der Waals surface area (Å²) in [6, 6.07) is 8.76. The first-order valence-corrected chi connectivity index (χ1v) is 16.0. The molecule has 0 bridgehead atoms. The van der Waals surface area contributed by atoms with E-state index in [0.29, 0.717) is 37.6 Å². The van der Waals surface area contributed by atoms with Gasteiger partial charge in [0.15, 0.2) is 11.2 Å². The lowest BCUT2D eigenvalue weighted by Crippen LogP contribution is -2.49. The summed E-state index contributed by atoms with van der Waals surface area (Å²) in [5, 5.41) is 7.33. The molecule has 4 rings (SSSR count). The first-order valence-electron chi connectivity index (χ1n) is 16.0. The number of aryl methyl sites for hydroxylation is 1. The molecule has 0 unspecified atom stereocenters. The molecule has 0 atom stereocenters. The summed E-state index contributed by atoms with van der Waals surface area (Å²) in [4.78, 5) is 55.1. The molecule has 1 saturated heterocycles. The van der Waals surface area contributed by atoms with Crippen LogP contribution in [0.4, 0.5) is 13.2 Å². The number of benzene rings is 2. The second-order valence-corrected chi connectivity index (χ2v) is 14.2. The van der Waals surface area contributed by atoms with Crippen molar-refractivity contribution in [3.05, 3.63) is 63.9 Å². The lowest BCUT2D eigenvalue weighted by Gasteiger charge is -2.34. The smallest absolute Gasteiger partial charge is 0.416 e. The summed E-state index contributed by atoms with van der Waals surface area (Å²) >= 11 is 0. The Morgan fingerprint density at radius 2 is 1.49 bits per heavy atom. The number of carbonyl (C=O) groups excluding carboxylic acids is 3. The number of rotatable bonds is 11. The molecule has 1 aliphatic rings. The zero-order chi connectivity index (χ0) is 36.2. The number of esters is 2. The van der Waals surface area contributed by atoms with E-state index in [2.05, 4.69) is 10.3 Å². The van der Waals surface area contributed by atoms with Crippen LogP contribution in [0.5, 0.6) is 5.75 Å². The summed E-state index contributed by atoms with van der Waals surface area (Å²) in [5.74, 6) is -1.85. The lowest BCUT2D eigenvalue weighted by molar-refractivity contribution is -0.186. The maximum Gasteiger partial charge on any atom is 0.416 e. The largest absolute Gasteiger partial charge is 0.493 e. The molecule has 0 radical (unpaired) electrons. The van der Waals surface area contributed by atoms with Gasteiger partial charge in [-0.3, -0.25) is 19.2 Å². The molecular weight excluding hydrogens is 647 g/mol. The van der Waals surface area contributed by atoms with Crippen molar-refractivity contribution in [3.63, 3.8) is 0 Å². The van der Waals surface area contributed by atoms with Crippen LogP contribution in [-0.4, -0.2) is 63.7 Å². The summed E-state index contributed by atoms with van der Waals surface area (Å²) in [6.45, 7) is 10.9.